The van der Waals surface area contributed by atoms with Crippen molar-refractivity contribution in [2.75, 3.05) is 11.3 Å². The predicted octanol–water partition coefficient (Wildman–Crippen LogP) is 2.66. The normalized spacial score (nSPS) is 14.8. The fraction of sp³-hybridized carbons (Fsp3) is 0.308. The van der Waals surface area contributed by atoms with Crippen LogP contribution in [-0.2, 0) is 23.0 Å². The standard InChI is InChI=1S/C13H14BrN3O2S2/c1-8-2-3-12(9(14)6-8)21(18,19)17-13-16-10-4-5-15-7-11(10)20-13/h2-3,6,15H,4-5,7H2,1H3,(H,16,17). The maximum absolute atomic E-state index is 12.5. The number of rotatable bonds is 3. The molecule has 0 spiro atoms. The van der Waals surface area contributed by atoms with Crippen LogP contribution in [0.5, 0.6) is 0 Å². The molecule has 2 N–H and O–H groups in total. The van der Waals surface area contributed by atoms with E-state index in [1.54, 1.807) is 18.2 Å². The minimum atomic E-state index is -3.63. The van der Waals surface area contributed by atoms with Crippen LogP contribution in [0.4, 0.5) is 5.13 Å². The van der Waals surface area contributed by atoms with Gasteiger partial charge in [0.05, 0.1) is 5.69 Å². The van der Waals surface area contributed by atoms with E-state index < -0.39 is 10.0 Å². The van der Waals surface area contributed by atoms with Crippen molar-refractivity contribution in [3.8, 4) is 0 Å². The minimum absolute atomic E-state index is 0.222. The number of aromatic nitrogens is 1. The Bertz CT molecular complexity index is 763. The zero-order chi connectivity index (χ0) is 15.0. The third-order valence-electron chi connectivity index (χ3n) is 3.20. The van der Waals surface area contributed by atoms with Crippen molar-refractivity contribution in [1.29, 1.82) is 0 Å². The van der Waals surface area contributed by atoms with Gasteiger partial charge in [-0.25, -0.2) is 13.4 Å². The smallest absolute Gasteiger partial charge is 0.264 e. The Balaban J connectivity index is 1.90. The second kappa shape index (κ2) is 5.68. The van der Waals surface area contributed by atoms with Crippen LogP contribution in [0.15, 0.2) is 27.6 Å². The lowest BCUT2D eigenvalue weighted by Gasteiger charge is -2.09. The summed E-state index contributed by atoms with van der Waals surface area (Å²) in [5.74, 6) is 0. The van der Waals surface area contributed by atoms with Crippen LogP contribution in [0.1, 0.15) is 16.1 Å². The van der Waals surface area contributed by atoms with Gasteiger partial charge in [-0.1, -0.05) is 17.4 Å². The first kappa shape index (κ1) is 15.0. The highest BCUT2D eigenvalue weighted by molar-refractivity contribution is 9.10. The molecular weight excluding hydrogens is 374 g/mol. The number of anilines is 1. The van der Waals surface area contributed by atoms with Crippen LogP contribution in [-0.4, -0.2) is 19.9 Å². The number of benzene rings is 1. The molecule has 0 atom stereocenters. The van der Waals surface area contributed by atoms with Gasteiger partial charge in [0.1, 0.15) is 4.90 Å². The molecule has 0 bridgehead atoms. The molecule has 2 heterocycles. The molecule has 0 saturated carbocycles. The predicted molar refractivity (Wildman–Crippen MR) is 87.2 cm³/mol. The fourth-order valence-electron chi connectivity index (χ4n) is 2.16. The van der Waals surface area contributed by atoms with Gasteiger partial charge in [0.25, 0.3) is 10.0 Å². The maximum atomic E-state index is 12.5. The van der Waals surface area contributed by atoms with E-state index in [9.17, 15) is 8.42 Å². The number of thiazole rings is 1. The zero-order valence-electron chi connectivity index (χ0n) is 11.3. The Morgan fingerprint density at radius 1 is 1.43 bits per heavy atom. The van der Waals surface area contributed by atoms with E-state index in [-0.39, 0.29) is 4.90 Å². The van der Waals surface area contributed by atoms with E-state index >= 15 is 0 Å². The van der Waals surface area contributed by atoms with E-state index in [1.807, 2.05) is 6.92 Å². The lowest BCUT2D eigenvalue weighted by molar-refractivity contribution is 0.600. The highest BCUT2D eigenvalue weighted by Gasteiger charge is 2.21. The first-order valence-corrected chi connectivity index (χ1v) is 9.53. The molecular formula is C13H14BrN3O2S2. The summed E-state index contributed by atoms with van der Waals surface area (Å²) in [5.41, 5.74) is 1.98. The molecule has 1 aliphatic rings. The van der Waals surface area contributed by atoms with Gasteiger partial charge in [-0.05, 0) is 40.5 Å². The summed E-state index contributed by atoms with van der Waals surface area (Å²) in [6.07, 6.45) is 0.835. The molecule has 0 amide bonds. The van der Waals surface area contributed by atoms with Crippen molar-refractivity contribution in [3.05, 3.63) is 38.8 Å². The lowest BCUT2D eigenvalue weighted by Crippen LogP contribution is -2.22. The number of nitrogens with one attached hydrogen (secondary N) is 2. The summed E-state index contributed by atoms with van der Waals surface area (Å²) in [6.45, 7) is 3.55. The van der Waals surface area contributed by atoms with E-state index in [1.165, 1.54) is 11.3 Å². The molecule has 0 saturated heterocycles. The van der Waals surface area contributed by atoms with Crippen molar-refractivity contribution in [3.63, 3.8) is 0 Å². The van der Waals surface area contributed by atoms with Crippen LogP contribution in [0.25, 0.3) is 0 Å². The van der Waals surface area contributed by atoms with E-state index in [0.717, 1.165) is 35.6 Å². The van der Waals surface area contributed by atoms with E-state index in [0.29, 0.717) is 9.60 Å². The molecule has 0 fully saturated rings. The monoisotopic (exact) mass is 387 g/mol. The van der Waals surface area contributed by atoms with Crippen LogP contribution >= 0.6 is 27.3 Å². The number of fused-ring (bicyclic) bond motifs is 1. The number of hydrogen-bond donors (Lipinski definition) is 2. The number of nitrogens with zero attached hydrogens (tertiary/aromatic N) is 1. The molecule has 21 heavy (non-hydrogen) atoms. The quantitative estimate of drug-likeness (QED) is 0.848. The minimum Gasteiger partial charge on any atom is -0.311 e. The van der Waals surface area contributed by atoms with Gasteiger partial charge < -0.3 is 5.32 Å². The zero-order valence-corrected chi connectivity index (χ0v) is 14.5. The molecule has 3 rings (SSSR count). The number of hydrogen-bond acceptors (Lipinski definition) is 5. The van der Waals surface area contributed by atoms with Crippen LogP contribution < -0.4 is 10.0 Å². The summed E-state index contributed by atoms with van der Waals surface area (Å²) >= 11 is 4.69. The highest BCUT2D eigenvalue weighted by atomic mass is 79.9. The maximum Gasteiger partial charge on any atom is 0.264 e. The van der Waals surface area contributed by atoms with Crippen LogP contribution in [0.2, 0.25) is 0 Å². The van der Waals surface area contributed by atoms with E-state index in [4.69, 9.17) is 0 Å². The highest BCUT2D eigenvalue weighted by Crippen LogP contribution is 2.29. The van der Waals surface area contributed by atoms with Gasteiger partial charge in [-0.3, -0.25) is 4.72 Å². The van der Waals surface area contributed by atoms with Crippen molar-refractivity contribution in [2.24, 2.45) is 0 Å². The summed E-state index contributed by atoms with van der Waals surface area (Å²) in [7, 11) is -3.63. The lowest BCUT2D eigenvalue weighted by atomic mass is 10.2. The fourth-order valence-corrected chi connectivity index (χ4v) is 5.57. The molecule has 0 aliphatic carbocycles. The van der Waals surface area contributed by atoms with Crippen molar-refractivity contribution < 1.29 is 8.42 Å². The second-order valence-corrected chi connectivity index (χ2v) is 8.44. The van der Waals surface area contributed by atoms with Gasteiger partial charge in [-0.15, -0.1) is 0 Å². The van der Waals surface area contributed by atoms with Gasteiger partial charge >= 0.3 is 0 Å². The second-order valence-electron chi connectivity index (χ2n) is 4.86. The summed E-state index contributed by atoms with van der Waals surface area (Å²) in [5, 5.41) is 3.68. The molecule has 1 aromatic heterocycles. The summed E-state index contributed by atoms with van der Waals surface area (Å²) < 4.78 is 28.0. The largest absolute Gasteiger partial charge is 0.311 e. The molecule has 1 aromatic carbocycles. The number of halogens is 1. The third-order valence-corrected chi connectivity index (χ3v) is 6.66. The Kier molecular flexibility index (Phi) is 4.04. The van der Waals surface area contributed by atoms with Crippen molar-refractivity contribution in [2.45, 2.75) is 24.8 Å². The average Bonchev–Trinajstić information content (AvgIpc) is 2.79. The molecule has 112 valence electrons. The first-order chi connectivity index (χ1) is 9.95. The van der Waals surface area contributed by atoms with E-state index in [2.05, 4.69) is 31.0 Å². The first-order valence-electron chi connectivity index (χ1n) is 6.44. The Morgan fingerprint density at radius 3 is 2.95 bits per heavy atom. The molecule has 1 aliphatic heterocycles. The van der Waals surface area contributed by atoms with Crippen molar-refractivity contribution in [1.82, 2.24) is 10.3 Å². The Hall–Kier alpha value is -0.960. The van der Waals surface area contributed by atoms with Gasteiger partial charge in [0, 0.05) is 28.9 Å². The third kappa shape index (κ3) is 3.13. The van der Waals surface area contributed by atoms with Crippen LogP contribution in [0.3, 0.4) is 0 Å². The van der Waals surface area contributed by atoms with Gasteiger partial charge in [0.15, 0.2) is 5.13 Å². The van der Waals surface area contributed by atoms with Crippen LogP contribution in [0, 0.1) is 6.92 Å². The van der Waals surface area contributed by atoms with Crippen molar-refractivity contribution >= 4 is 42.4 Å². The molecule has 5 nitrogen and oxygen atoms in total. The average molecular weight is 388 g/mol. The number of sulfonamides is 1. The summed E-state index contributed by atoms with van der Waals surface area (Å²) in [4.78, 5) is 5.70. The van der Waals surface area contributed by atoms with Gasteiger partial charge in [0.2, 0.25) is 0 Å². The summed E-state index contributed by atoms with van der Waals surface area (Å²) in [6, 6.07) is 5.15. The molecule has 0 radical (unpaired) electrons. The Labute approximate surface area is 136 Å². The molecule has 8 heteroatoms. The Morgan fingerprint density at radius 2 is 2.24 bits per heavy atom. The van der Waals surface area contributed by atoms with Gasteiger partial charge in [-0.2, -0.15) is 0 Å². The topological polar surface area (TPSA) is 71.1 Å². The number of aryl methyl sites for hydroxylation is 1. The molecule has 0 unspecified atom stereocenters. The SMILES string of the molecule is Cc1ccc(S(=O)(=O)Nc2nc3c(s2)CNCC3)c(Br)c1. The molecule has 2 aromatic rings.